The van der Waals surface area contributed by atoms with E-state index in [2.05, 4.69) is 63.8 Å². The van der Waals surface area contributed by atoms with Crippen molar-refractivity contribution in [1.82, 2.24) is 4.90 Å². The van der Waals surface area contributed by atoms with Gasteiger partial charge in [-0.05, 0) is 44.4 Å². The van der Waals surface area contributed by atoms with Gasteiger partial charge in [0, 0.05) is 12.1 Å². The van der Waals surface area contributed by atoms with E-state index in [9.17, 15) is 0 Å². The molecule has 0 aromatic heterocycles. The lowest BCUT2D eigenvalue weighted by atomic mass is 9.91. The second kappa shape index (κ2) is 7.66. The maximum Gasteiger partial charge on any atom is 0.0504 e. The summed E-state index contributed by atoms with van der Waals surface area (Å²) in [5, 5.41) is 0. The van der Waals surface area contributed by atoms with Gasteiger partial charge in [0.15, 0.2) is 0 Å². The van der Waals surface area contributed by atoms with Crippen LogP contribution in [0.4, 0.5) is 0 Å². The van der Waals surface area contributed by atoms with Crippen LogP contribution in [0.2, 0.25) is 0 Å². The first kappa shape index (κ1) is 16.2. The monoisotopic (exact) mass is 262 g/mol. The van der Waals surface area contributed by atoms with Gasteiger partial charge in [-0.15, -0.1) is 0 Å². The largest absolute Gasteiger partial charge is 0.326 e. The number of likely N-dealkylation sites (N-methyl/N-ethyl adjacent to an activating group) is 1. The first-order valence-electron chi connectivity index (χ1n) is 7.63. The molecule has 0 radical (unpaired) electrons. The molecule has 19 heavy (non-hydrogen) atoms. The Bertz CT molecular complexity index is 375. The summed E-state index contributed by atoms with van der Waals surface area (Å²) in [5.74, 6) is 0. The van der Waals surface area contributed by atoms with Gasteiger partial charge < -0.3 is 5.73 Å². The van der Waals surface area contributed by atoms with E-state index in [-0.39, 0.29) is 6.04 Å². The van der Waals surface area contributed by atoms with Crippen LogP contribution in [0.5, 0.6) is 0 Å². The van der Waals surface area contributed by atoms with Crippen LogP contribution >= 0.6 is 0 Å². The Hall–Kier alpha value is -0.860. The van der Waals surface area contributed by atoms with E-state index in [0.717, 1.165) is 19.4 Å². The van der Waals surface area contributed by atoms with Crippen LogP contribution in [-0.2, 0) is 0 Å². The maximum atomic E-state index is 6.45. The van der Waals surface area contributed by atoms with Crippen LogP contribution in [0.25, 0.3) is 0 Å². The zero-order valence-electron chi connectivity index (χ0n) is 13.2. The Balaban J connectivity index is 3.17. The van der Waals surface area contributed by atoms with Crippen molar-refractivity contribution in [3.8, 4) is 0 Å². The zero-order chi connectivity index (χ0) is 14.4. The number of hydrogen-bond acceptors (Lipinski definition) is 2. The molecule has 0 saturated carbocycles. The van der Waals surface area contributed by atoms with Crippen molar-refractivity contribution in [2.24, 2.45) is 5.73 Å². The molecular formula is C17H30N2. The van der Waals surface area contributed by atoms with Gasteiger partial charge in [0.05, 0.1) is 6.04 Å². The highest BCUT2D eigenvalue weighted by atomic mass is 15.2. The van der Waals surface area contributed by atoms with Crippen molar-refractivity contribution in [2.75, 3.05) is 6.54 Å². The molecule has 0 fully saturated rings. The molecule has 1 rings (SSSR count). The molecule has 0 spiro atoms. The molecule has 0 aliphatic rings. The molecule has 0 bridgehead atoms. The molecule has 0 aliphatic heterocycles. The van der Waals surface area contributed by atoms with Gasteiger partial charge in [-0.2, -0.15) is 0 Å². The number of hydrogen-bond donors (Lipinski definition) is 1. The fourth-order valence-corrected chi connectivity index (χ4v) is 2.81. The van der Waals surface area contributed by atoms with Gasteiger partial charge >= 0.3 is 0 Å². The number of nitrogens with zero attached hydrogens (tertiary/aromatic N) is 1. The number of rotatable bonds is 7. The molecule has 0 saturated heterocycles. The third kappa shape index (κ3) is 3.80. The van der Waals surface area contributed by atoms with Crippen molar-refractivity contribution < 1.29 is 0 Å². The van der Waals surface area contributed by atoms with Gasteiger partial charge in [-0.1, -0.05) is 45.0 Å². The predicted octanol–water partition coefficient (Wildman–Crippen LogP) is 3.89. The van der Waals surface area contributed by atoms with Gasteiger partial charge in [0.1, 0.15) is 0 Å². The van der Waals surface area contributed by atoms with Gasteiger partial charge in [0.2, 0.25) is 0 Å². The standard InChI is InChI=1S/C17H30N2/c1-6-14(5)19(8-3)17(16(18)7-2)15-12-10-9-11-13(15)4/h9-12,14,16-17H,6-8,18H2,1-5H3. The van der Waals surface area contributed by atoms with Crippen LogP contribution in [0.15, 0.2) is 24.3 Å². The Morgan fingerprint density at radius 1 is 1.11 bits per heavy atom. The van der Waals surface area contributed by atoms with E-state index < -0.39 is 0 Å². The van der Waals surface area contributed by atoms with Crippen molar-refractivity contribution >= 4 is 0 Å². The van der Waals surface area contributed by atoms with Crippen molar-refractivity contribution in [3.05, 3.63) is 35.4 Å². The SMILES string of the molecule is CCC(N)C(c1ccccc1C)N(CC)C(C)CC. The highest BCUT2D eigenvalue weighted by Gasteiger charge is 2.28. The molecule has 2 heteroatoms. The van der Waals surface area contributed by atoms with Crippen molar-refractivity contribution in [1.29, 1.82) is 0 Å². The average molecular weight is 262 g/mol. The number of benzene rings is 1. The van der Waals surface area contributed by atoms with E-state index in [0.29, 0.717) is 12.1 Å². The highest BCUT2D eigenvalue weighted by Crippen LogP contribution is 2.29. The minimum atomic E-state index is 0.190. The minimum Gasteiger partial charge on any atom is -0.326 e. The summed E-state index contributed by atoms with van der Waals surface area (Å²) in [7, 11) is 0. The van der Waals surface area contributed by atoms with Gasteiger partial charge in [0.25, 0.3) is 0 Å². The molecule has 0 amide bonds. The van der Waals surface area contributed by atoms with Crippen molar-refractivity contribution in [3.63, 3.8) is 0 Å². The number of nitrogens with two attached hydrogens (primary N) is 1. The third-order valence-electron chi connectivity index (χ3n) is 4.26. The fraction of sp³-hybridized carbons (Fsp3) is 0.647. The lowest BCUT2D eigenvalue weighted by Crippen LogP contribution is -2.45. The Kier molecular flexibility index (Phi) is 6.53. The van der Waals surface area contributed by atoms with Crippen LogP contribution in [0.1, 0.15) is 57.7 Å². The van der Waals surface area contributed by atoms with E-state index in [1.807, 2.05) is 0 Å². The van der Waals surface area contributed by atoms with Gasteiger partial charge in [-0.3, -0.25) is 4.90 Å². The maximum absolute atomic E-state index is 6.45. The van der Waals surface area contributed by atoms with Crippen LogP contribution in [0.3, 0.4) is 0 Å². The lowest BCUT2D eigenvalue weighted by Gasteiger charge is -2.39. The summed E-state index contributed by atoms with van der Waals surface area (Å²) >= 11 is 0. The fourth-order valence-electron chi connectivity index (χ4n) is 2.81. The molecule has 0 heterocycles. The molecule has 1 aromatic carbocycles. The summed E-state index contributed by atoms with van der Waals surface area (Å²) in [6, 6.07) is 9.73. The lowest BCUT2D eigenvalue weighted by molar-refractivity contribution is 0.125. The Morgan fingerprint density at radius 3 is 2.21 bits per heavy atom. The summed E-state index contributed by atoms with van der Waals surface area (Å²) in [6.07, 6.45) is 2.17. The average Bonchev–Trinajstić information content (AvgIpc) is 2.44. The van der Waals surface area contributed by atoms with Gasteiger partial charge in [-0.25, -0.2) is 0 Å². The number of aryl methyl sites for hydroxylation is 1. The second-order valence-electron chi connectivity index (χ2n) is 5.46. The van der Waals surface area contributed by atoms with E-state index in [1.165, 1.54) is 11.1 Å². The predicted molar refractivity (Wildman–Crippen MR) is 84.3 cm³/mol. The topological polar surface area (TPSA) is 29.3 Å². The molecule has 108 valence electrons. The first-order chi connectivity index (χ1) is 9.06. The van der Waals surface area contributed by atoms with Crippen LogP contribution in [0, 0.1) is 6.92 Å². The summed E-state index contributed by atoms with van der Waals surface area (Å²) in [5.41, 5.74) is 9.18. The minimum absolute atomic E-state index is 0.190. The molecule has 3 atom stereocenters. The molecule has 0 aliphatic carbocycles. The zero-order valence-corrected chi connectivity index (χ0v) is 13.2. The molecular weight excluding hydrogens is 232 g/mol. The highest BCUT2D eigenvalue weighted by molar-refractivity contribution is 5.30. The van der Waals surface area contributed by atoms with Crippen LogP contribution < -0.4 is 5.73 Å². The third-order valence-corrected chi connectivity index (χ3v) is 4.26. The molecule has 2 N–H and O–H groups in total. The summed E-state index contributed by atoms with van der Waals surface area (Å²) < 4.78 is 0. The van der Waals surface area contributed by atoms with E-state index in [4.69, 9.17) is 5.73 Å². The van der Waals surface area contributed by atoms with E-state index in [1.54, 1.807) is 0 Å². The normalized spacial score (nSPS) is 16.4. The first-order valence-corrected chi connectivity index (χ1v) is 7.63. The quantitative estimate of drug-likeness (QED) is 0.807. The van der Waals surface area contributed by atoms with Crippen LogP contribution in [-0.4, -0.2) is 23.5 Å². The van der Waals surface area contributed by atoms with E-state index >= 15 is 0 Å². The Labute approximate surface area is 119 Å². The second-order valence-corrected chi connectivity index (χ2v) is 5.46. The summed E-state index contributed by atoms with van der Waals surface area (Å²) in [6.45, 7) is 12.2. The molecule has 3 unspecified atom stereocenters. The molecule has 1 aromatic rings. The Morgan fingerprint density at radius 2 is 1.74 bits per heavy atom. The smallest absolute Gasteiger partial charge is 0.0504 e. The summed E-state index contributed by atoms with van der Waals surface area (Å²) in [4.78, 5) is 2.55. The molecule has 2 nitrogen and oxygen atoms in total. The van der Waals surface area contributed by atoms with Crippen molar-refractivity contribution in [2.45, 2.75) is 65.6 Å².